The molecule has 176 valence electrons. The van der Waals surface area contributed by atoms with Crippen molar-refractivity contribution in [3.05, 3.63) is 34.9 Å². The van der Waals surface area contributed by atoms with Crippen molar-refractivity contribution >= 4 is 17.7 Å². The van der Waals surface area contributed by atoms with Crippen molar-refractivity contribution in [2.45, 2.75) is 38.0 Å². The first kappa shape index (κ1) is 24.3. The fourth-order valence-corrected chi connectivity index (χ4v) is 3.91. The molecule has 32 heavy (non-hydrogen) atoms. The Bertz CT molecular complexity index is 817. The molecule has 0 aliphatic carbocycles. The molecule has 2 unspecified atom stereocenters. The largest absolute Gasteiger partial charge is 0.379 e. The molecule has 1 aromatic carbocycles. The molecule has 0 radical (unpaired) electrons. The average Bonchev–Trinajstić information content (AvgIpc) is 3.03. The highest BCUT2D eigenvalue weighted by atomic mass is 16.5. The van der Waals surface area contributed by atoms with Crippen LogP contribution in [0, 0.1) is 0 Å². The van der Waals surface area contributed by atoms with E-state index >= 15 is 0 Å². The monoisotopic (exact) mass is 449 g/mol. The fourth-order valence-electron chi connectivity index (χ4n) is 3.91. The van der Waals surface area contributed by atoms with Crippen LogP contribution in [0.1, 0.15) is 45.5 Å². The first-order valence-corrected chi connectivity index (χ1v) is 10.9. The lowest BCUT2D eigenvalue weighted by molar-refractivity contribution is -0.129. The number of amides is 3. The predicted octanol–water partition coefficient (Wildman–Crippen LogP) is -0.179. The minimum absolute atomic E-state index is 0.157. The van der Waals surface area contributed by atoms with Gasteiger partial charge in [-0.2, -0.15) is 0 Å². The number of imide groups is 1. The van der Waals surface area contributed by atoms with E-state index < -0.39 is 24.1 Å². The zero-order valence-electron chi connectivity index (χ0n) is 18.1. The van der Waals surface area contributed by atoms with Crippen LogP contribution in [0.2, 0.25) is 0 Å². The number of aliphatic hydroxyl groups is 1. The topological polar surface area (TPSA) is 140 Å². The van der Waals surface area contributed by atoms with Crippen LogP contribution in [-0.2, 0) is 25.4 Å². The maximum absolute atomic E-state index is 13.1. The summed E-state index contributed by atoms with van der Waals surface area (Å²) in [7, 11) is 0. The van der Waals surface area contributed by atoms with Gasteiger partial charge in [-0.05, 0) is 30.9 Å². The first-order chi connectivity index (χ1) is 15.5. The summed E-state index contributed by atoms with van der Waals surface area (Å²) in [5, 5.41) is 12.6. The number of benzene rings is 1. The van der Waals surface area contributed by atoms with Crippen LogP contribution in [0.15, 0.2) is 18.2 Å². The number of nitrogens with one attached hydrogen (secondary N) is 1. The quantitative estimate of drug-likeness (QED) is 0.278. The Hall–Kier alpha value is -2.37. The number of rotatable bonds is 13. The normalized spacial score (nSPS) is 20.6. The van der Waals surface area contributed by atoms with Crippen molar-refractivity contribution in [3.63, 3.8) is 0 Å². The van der Waals surface area contributed by atoms with Gasteiger partial charge in [-0.15, -0.1) is 0 Å². The molecule has 10 heteroatoms. The number of fused-ring (bicyclic) bond motifs is 1. The Morgan fingerprint density at radius 3 is 2.38 bits per heavy atom. The van der Waals surface area contributed by atoms with Crippen molar-refractivity contribution < 1.29 is 33.7 Å². The summed E-state index contributed by atoms with van der Waals surface area (Å²) in [4.78, 5) is 38.5. The Kier molecular flexibility index (Phi) is 9.12. The molecule has 1 saturated heterocycles. The summed E-state index contributed by atoms with van der Waals surface area (Å²) in [6.07, 6.45) is 0.393. The molecule has 2 aliphatic heterocycles. The number of carbonyl (C=O) groups excluding carboxylic acids is 3. The van der Waals surface area contributed by atoms with Gasteiger partial charge in [0, 0.05) is 19.6 Å². The maximum atomic E-state index is 13.1. The molecule has 0 saturated carbocycles. The van der Waals surface area contributed by atoms with Crippen molar-refractivity contribution in [3.8, 4) is 0 Å². The van der Waals surface area contributed by atoms with Gasteiger partial charge in [-0.3, -0.25) is 19.3 Å². The lowest BCUT2D eigenvalue weighted by Gasteiger charge is -2.33. The second-order valence-electron chi connectivity index (χ2n) is 7.67. The summed E-state index contributed by atoms with van der Waals surface area (Å²) in [6, 6.07) is 4.44. The highest BCUT2D eigenvalue weighted by Gasteiger charge is 2.45. The van der Waals surface area contributed by atoms with Crippen molar-refractivity contribution in [2.24, 2.45) is 5.73 Å². The molecule has 2 aliphatic rings. The molecule has 3 amide bonds. The number of hydrogen-bond acceptors (Lipinski definition) is 8. The van der Waals surface area contributed by atoms with Crippen molar-refractivity contribution in [2.75, 3.05) is 46.2 Å². The van der Waals surface area contributed by atoms with E-state index in [1.807, 2.05) is 6.07 Å². The van der Waals surface area contributed by atoms with Crippen molar-refractivity contribution in [1.29, 1.82) is 0 Å². The maximum Gasteiger partial charge on any atom is 0.262 e. The summed E-state index contributed by atoms with van der Waals surface area (Å²) in [5.74, 6) is -1.15. The van der Waals surface area contributed by atoms with E-state index in [9.17, 15) is 19.5 Å². The predicted molar refractivity (Wildman–Crippen MR) is 114 cm³/mol. The average molecular weight is 450 g/mol. The molecule has 3 rings (SSSR count). The van der Waals surface area contributed by atoms with Gasteiger partial charge in [0.2, 0.25) is 5.91 Å². The van der Waals surface area contributed by atoms with E-state index in [0.717, 1.165) is 10.5 Å². The lowest BCUT2D eigenvalue weighted by Crippen LogP contribution is -2.57. The van der Waals surface area contributed by atoms with Crippen LogP contribution >= 0.6 is 0 Å². The number of piperidine rings is 1. The van der Waals surface area contributed by atoms with E-state index in [2.05, 4.69) is 5.32 Å². The molecule has 10 nitrogen and oxygen atoms in total. The molecule has 1 fully saturated rings. The molecule has 4 N–H and O–H groups in total. The van der Waals surface area contributed by atoms with Gasteiger partial charge in [0.1, 0.15) is 6.23 Å². The van der Waals surface area contributed by atoms with Crippen LogP contribution in [-0.4, -0.2) is 86.2 Å². The fraction of sp³-hybridized carbons (Fsp3) is 0.591. The summed E-state index contributed by atoms with van der Waals surface area (Å²) >= 11 is 0. The van der Waals surface area contributed by atoms with Gasteiger partial charge in [0.25, 0.3) is 11.8 Å². The third-order valence-electron chi connectivity index (χ3n) is 5.45. The molecule has 0 aromatic heterocycles. The third kappa shape index (κ3) is 5.90. The third-order valence-corrected chi connectivity index (χ3v) is 5.45. The molecule has 1 aromatic rings. The number of carbonyl (C=O) groups is 3. The number of nitrogens with zero attached hydrogens (tertiary/aromatic N) is 1. The van der Waals surface area contributed by atoms with E-state index in [1.165, 1.54) is 0 Å². The Morgan fingerprint density at radius 1 is 1.00 bits per heavy atom. The summed E-state index contributed by atoms with van der Waals surface area (Å²) in [6.45, 7) is 3.43. The number of aliphatic hydroxyl groups excluding tert-OH is 1. The van der Waals surface area contributed by atoms with Gasteiger partial charge >= 0.3 is 0 Å². The SMILES string of the molecule is NCCOCCOCCOCCCc1cccc2c1C(=O)N(C1CCC(=O)NC1O)C2=O. The van der Waals surface area contributed by atoms with Crippen LogP contribution in [0.3, 0.4) is 0 Å². The standard InChI is InChI=1S/C22H31N3O7/c23-8-10-31-12-14-32-13-11-30-9-2-4-15-3-1-5-16-19(15)22(29)25(21(16)28)17-6-7-18(26)24-20(17)27/h1,3,5,17,20,27H,2,4,6-14,23H2,(H,24,26). The van der Waals surface area contributed by atoms with Crippen LogP contribution in [0.4, 0.5) is 0 Å². The Morgan fingerprint density at radius 2 is 1.69 bits per heavy atom. The molecule has 2 atom stereocenters. The van der Waals surface area contributed by atoms with Gasteiger partial charge in [-0.25, -0.2) is 0 Å². The molecular formula is C22H31N3O7. The van der Waals surface area contributed by atoms with Crippen LogP contribution in [0.25, 0.3) is 0 Å². The molecule has 2 heterocycles. The van der Waals surface area contributed by atoms with Crippen LogP contribution < -0.4 is 11.1 Å². The van der Waals surface area contributed by atoms with Gasteiger partial charge in [0.05, 0.1) is 50.2 Å². The second-order valence-corrected chi connectivity index (χ2v) is 7.67. The zero-order chi connectivity index (χ0) is 22.9. The smallest absolute Gasteiger partial charge is 0.262 e. The molecular weight excluding hydrogens is 418 g/mol. The Labute approximate surface area is 187 Å². The van der Waals surface area contributed by atoms with Gasteiger partial charge < -0.3 is 30.4 Å². The van der Waals surface area contributed by atoms with E-state index in [1.54, 1.807) is 12.1 Å². The van der Waals surface area contributed by atoms with Crippen LogP contribution in [0.5, 0.6) is 0 Å². The second kappa shape index (κ2) is 12.0. The zero-order valence-corrected chi connectivity index (χ0v) is 18.1. The van der Waals surface area contributed by atoms with E-state index in [0.29, 0.717) is 70.2 Å². The Balaban J connectivity index is 1.46. The highest BCUT2D eigenvalue weighted by Crippen LogP contribution is 2.31. The number of nitrogens with two attached hydrogens (primary N) is 1. The summed E-state index contributed by atoms with van der Waals surface area (Å²) < 4.78 is 16.2. The summed E-state index contributed by atoms with van der Waals surface area (Å²) in [5.41, 5.74) is 6.81. The molecule has 0 spiro atoms. The van der Waals surface area contributed by atoms with E-state index in [-0.39, 0.29) is 18.7 Å². The minimum Gasteiger partial charge on any atom is -0.379 e. The minimum atomic E-state index is -1.26. The van der Waals surface area contributed by atoms with Gasteiger partial charge in [0.15, 0.2) is 0 Å². The van der Waals surface area contributed by atoms with Gasteiger partial charge in [-0.1, -0.05) is 12.1 Å². The number of hydrogen-bond donors (Lipinski definition) is 3. The highest BCUT2D eigenvalue weighted by molar-refractivity contribution is 6.22. The van der Waals surface area contributed by atoms with Crippen molar-refractivity contribution in [1.82, 2.24) is 10.2 Å². The first-order valence-electron chi connectivity index (χ1n) is 10.9. The molecule has 0 bridgehead atoms. The van der Waals surface area contributed by atoms with E-state index in [4.69, 9.17) is 19.9 Å². The lowest BCUT2D eigenvalue weighted by atomic mass is 9.99. The number of aryl methyl sites for hydroxylation is 1. The number of ether oxygens (including phenoxy) is 3.